The fraction of sp³-hybridized carbons (Fsp3) is 0.400. The van der Waals surface area contributed by atoms with Crippen molar-refractivity contribution in [1.82, 2.24) is 0 Å². The van der Waals surface area contributed by atoms with E-state index in [0.717, 1.165) is 0 Å². The quantitative estimate of drug-likeness (QED) is 0.502. The van der Waals surface area contributed by atoms with Crippen molar-refractivity contribution in [3.63, 3.8) is 0 Å². The smallest absolute Gasteiger partial charge is 0.165 e. The van der Waals surface area contributed by atoms with Crippen molar-refractivity contribution in [2.75, 3.05) is 6.38 Å². The van der Waals surface area contributed by atoms with Gasteiger partial charge < -0.3 is 0 Å². The topological polar surface area (TPSA) is 0 Å². The average molecular weight is 327 g/mol. The van der Waals surface area contributed by atoms with E-state index in [1.165, 1.54) is 33.8 Å². The van der Waals surface area contributed by atoms with Gasteiger partial charge in [-0.25, -0.2) is 0 Å². The molecule has 0 aliphatic carbocycles. The van der Waals surface area contributed by atoms with Crippen LogP contribution in [0.2, 0.25) is 0 Å². The SMILES string of the molecule is CCl.Cc1cc2c(C(C)C)ccc(C)c2[cH-]1.[Zr+2]. The van der Waals surface area contributed by atoms with Crippen molar-refractivity contribution in [3.8, 4) is 0 Å². The van der Waals surface area contributed by atoms with E-state index >= 15 is 0 Å². The molecule has 0 fully saturated rings. The molecule has 2 aromatic rings. The van der Waals surface area contributed by atoms with Crippen LogP contribution in [-0.2, 0) is 26.2 Å². The Morgan fingerprint density at radius 1 is 1.12 bits per heavy atom. The van der Waals surface area contributed by atoms with Gasteiger partial charge in [0.25, 0.3) is 0 Å². The van der Waals surface area contributed by atoms with E-state index in [-0.39, 0.29) is 26.2 Å². The molecular weight excluding hydrogens is 307 g/mol. The fourth-order valence-electron chi connectivity index (χ4n) is 2.12. The number of fused-ring (bicyclic) bond motifs is 1. The summed E-state index contributed by atoms with van der Waals surface area (Å²) in [5, 5.41) is 2.87. The molecule has 0 amide bonds. The monoisotopic (exact) mass is 325 g/mol. The third kappa shape index (κ3) is 3.73. The van der Waals surface area contributed by atoms with E-state index in [9.17, 15) is 0 Å². The minimum Gasteiger partial charge on any atom is -0.165 e. The third-order valence-corrected chi connectivity index (χ3v) is 2.90. The molecule has 0 bridgehead atoms. The van der Waals surface area contributed by atoms with Crippen molar-refractivity contribution >= 4 is 22.4 Å². The Hall–Kier alpha value is 0.00312. The molecule has 0 spiro atoms. The molecule has 0 unspecified atom stereocenters. The number of benzene rings is 1. The Morgan fingerprint density at radius 2 is 1.71 bits per heavy atom. The number of rotatable bonds is 1. The van der Waals surface area contributed by atoms with Gasteiger partial charge in [-0.1, -0.05) is 39.3 Å². The van der Waals surface area contributed by atoms with E-state index in [1.807, 2.05) is 0 Å². The Bertz CT molecular complexity index is 469. The Morgan fingerprint density at radius 3 is 2.24 bits per heavy atom. The zero-order valence-corrected chi connectivity index (χ0v) is 14.5. The number of hydrogen-bond acceptors (Lipinski definition) is 0. The normalized spacial score (nSPS) is 9.82. The molecule has 0 heterocycles. The van der Waals surface area contributed by atoms with E-state index in [0.29, 0.717) is 5.92 Å². The molecule has 2 rings (SSSR count). The van der Waals surface area contributed by atoms with Gasteiger partial charge in [-0.05, 0) is 5.92 Å². The zero-order valence-electron chi connectivity index (χ0n) is 11.3. The molecule has 17 heavy (non-hydrogen) atoms. The number of halogens is 1. The molecule has 0 saturated heterocycles. The third-order valence-electron chi connectivity index (χ3n) is 2.90. The van der Waals surface area contributed by atoms with Crippen molar-refractivity contribution < 1.29 is 26.2 Å². The zero-order chi connectivity index (χ0) is 12.3. The average Bonchev–Trinajstić information content (AvgIpc) is 2.63. The van der Waals surface area contributed by atoms with Gasteiger partial charge in [0, 0.05) is 6.38 Å². The summed E-state index contributed by atoms with van der Waals surface area (Å²) in [7, 11) is 0. The first kappa shape index (κ1) is 17.0. The van der Waals surface area contributed by atoms with Crippen molar-refractivity contribution in [1.29, 1.82) is 0 Å². The van der Waals surface area contributed by atoms with Gasteiger partial charge in [0.1, 0.15) is 0 Å². The molecular formula is C15H20ClZr+. The van der Waals surface area contributed by atoms with Crippen LogP contribution in [0.1, 0.15) is 36.5 Å². The van der Waals surface area contributed by atoms with Crippen LogP contribution in [0.4, 0.5) is 0 Å². The summed E-state index contributed by atoms with van der Waals surface area (Å²) in [5.74, 6) is 0.611. The summed E-state index contributed by atoms with van der Waals surface area (Å²) in [6.07, 6.45) is 1.47. The number of aryl methyl sites for hydroxylation is 2. The largest absolute Gasteiger partial charge is 2.00 e. The second-order valence-electron chi connectivity index (χ2n) is 4.49. The van der Waals surface area contributed by atoms with Gasteiger partial charge in [0.15, 0.2) is 0 Å². The predicted molar refractivity (Wildman–Crippen MR) is 74.9 cm³/mol. The van der Waals surface area contributed by atoms with E-state index in [1.54, 1.807) is 0 Å². The van der Waals surface area contributed by atoms with E-state index in [4.69, 9.17) is 0 Å². The minimum atomic E-state index is 0. The summed E-state index contributed by atoms with van der Waals surface area (Å²) in [6.45, 7) is 8.87. The van der Waals surface area contributed by atoms with Gasteiger partial charge in [-0.15, -0.1) is 45.6 Å². The van der Waals surface area contributed by atoms with Crippen LogP contribution in [0.25, 0.3) is 10.8 Å². The summed E-state index contributed by atoms with van der Waals surface area (Å²) >= 11 is 4.64. The predicted octanol–water partition coefficient (Wildman–Crippen LogP) is 5.15. The van der Waals surface area contributed by atoms with Gasteiger partial charge in [0.05, 0.1) is 0 Å². The molecule has 2 heteroatoms. The molecule has 0 aliphatic rings. The Kier molecular flexibility index (Phi) is 7.44. The first-order valence-electron chi connectivity index (χ1n) is 5.64. The fourth-order valence-corrected chi connectivity index (χ4v) is 2.12. The summed E-state index contributed by atoms with van der Waals surface area (Å²) in [6, 6.07) is 9.09. The van der Waals surface area contributed by atoms with Gasteiger partial charge in [-0.3, -0.25) is 0 Å². The molecule has 2 aromatic carbocycles. The van der Waals surface area contributed by atoms with Crippen LogP contribution >= 0.6 is 11.6 Å². The molecule has 0 N–H and O–H groups in total. The van der Waals surface area contributed by atoms with Crippen LogP contribution in [0.5, 0.6) is 0 Å². The van der Waals surface area contributed by atoms with Crippen molar-refractivity contribution in [2.45, 2.75) is 33.6 Å². The van der Waals surface area contributed by atoms with E-state index < -0.39 is 0 Å². The van der Waals surface area contributed by atoms with Crippen molar-refractivity contribution in [3.05, 3.63) is 41.0 Å². The first-order valence-corrected chi connectivity index (χ1v) is 6.39. The Labute approximate surface area is 129 Å². The standard InChI is InChI=1S/C14H17.CH3Cl.Zr/c1-9(2)12-6-5-11(4)13-7-10(3)8-14(12)13;1-2;/h5-9H,1-4H3;1H3;/q-1;;+2. The number of hydrogen-bond donors (Lipinski definition) is 0. The summed E-state index contributed by atoms with van der Waals surface area (Å²) in [5.41, 5.74) is 4.23. The van der Waals surface area contributed by atoms with E-state index in [2.05, 4.69) is 63.6 Å². The maximum atomic E-state index is 4.64. The van der Waals surface area contributed by atoms with Crippen molar-refractivity contribution in [2.24, 2.45) is 0 Å². The van der Waals surface area contributed by atoms with Crippen LogP contribution in [0, 0.1) is 13.8 Å². The van der Waals surface area contributed by atoms with Crippen LogP contribution in [0.3, 0.4) is 0 Å². The second kappa shape index (κ2) is 7.44. The molecule has 0 aromatic heterocycles. The maximum absolute atomic E-state index is 4.64. The molecule has 0 atom stereocenters. The molecule has 0 aliphatic heterocycles. The molecule has 0 saturated carbocycles. The van der Waals surface area contributed by atoms with Crippen LogP contribution in [0.15, 0.2) is 24.3 Å². The first-order chi connectivity index (χ1) is 7.59. The van der Waals surface area contributed by atoms with Gasteiger partial charge in [0.2, 0.25) is 0 Å². The van der Waals surface area contributed by atoms with Gasteiger partial charge >= 0.3 is 26.2 Å². The minimum absolute atomic E-state index is 0. The summed E-state index contributed by atoms with van der Waals surface area (Å²) in [4.78, 5) is 0. The molecule has 90 valence electrons. The van der Waals surface area contributed by atoms with Crippen LogP contribution < -0.4 is 0 Å². The molecule has 0 nitrogen and oxygen atoms in total. The Balaban J connectivity index is 0.000000811. The number of alkyl halides is 1. The second-order valence-corrected chi connectivity index (χ2v) is 4.49. The molecule has 0 radical (unpaired) electrons. The summed E-state index contributed by atoms with van der Waals surface area (Å²) < 4.78 is 0. The maximum Gasteiger partial charge on any atom is 2.00 e. The van der Waals surface area contributed by atoms with Gasteiger partial charge in [-0.2, -0.15) is 6.07 Å². The van der Waals surface area contributed by atoms with Crippen LogP contribution in [-0.4, -0.2) is 6.38 Å².